The first-order chi connectivity index (χ1) is 14.1. The first-order valence-corrected chi connectivity index (χ1v) is 10.7. The van der Waals surface area contributed by atoms with Crippen molar-refractivity contribution >= 4 is 17.3 Å². The molecule has 2 atom stereocenters. The second-order valence-corrected chi connectivity index (χ2v) is 8.13. The van der Waals surface area contributed by atoms with Crippen LogP contribution in [0.15, 0.2) is 60.9 Å². The molecule has 29 heavy (non-hydrogen) atoms. The molecule has 0 unspecified atom stereocenters. The zero-order valence-corrected chi connectivity index (χ0v) is 18.1. The van der Waals surface area contributed by atoms with Crippen LogP contribution in [0.5, 0.6) is 0 Å². The third-order valence-electron chi connectivity index (χ3n) is 5.80. The van der Waals surface area contributed by atoms with E-state index in [1.165, 1.54) is 22.5 Å². The molecule has 0 aliphatic carbocycles. The van der Waals surface area contributed by atoms with Crippen molar-refractivity contribution in [1.82, 2.24) is 19.8 Å². The number of benzene rings is 1. The van der Waals surface area contributed by atoms with Crippen LogP contribution in [0.4, 0.5) is 0 Å². The summed E-state index contributed by atoms with van der Waals surface area (Å²) in [4.78, 5) is 6.98. The number of nitrogens with zero attached hydrogens (tertiary/aromatic N) is 3. The van der Waals surface area contributed by atoms with E-state index >= 15 is 0 Å². The van der Waals surface area contributed by atoms with Gasteiger partial charge in [0.05, 0.1) is 17.8 Å². The van der Waals surface area contributed by atoms with E-state index in [0.717, 1.165) is 30.2 Å². The van der Waals surface area contributed by atoms with E-state index in [1.807, 2.05) is 18.3 Å². The molecule has 150 valence electrons. The molecule has 0 spiro atoms. The average Bonchev–Trinajstić information content (AvgIpc) is 3.33. The largest absolute Gasteiger partial charge is 0.352 e. The van der Waals surface area contributed by atoms with Gasteiger partial charge >= 0.3 is 0 Å². The smallest absolute Gasteiger partial charge is 0.170 e. The van der Waals surface area contributed by atoms with Gasteiger partial charge in [0.2, 0.25) is 0 Å². The fourth-order valence-electron chi connectivity index (χ4n) is 4.04. The van der Waals surface area contributed by atoms with Crippen LogP contribution in [0.2, 0.25) is 0 Å². The molecule has 1 fully saturated rings. The topological polar surface area (TPSA) is 33.1 Å². The summed E-state index contributed by atoms with van der Waals surface area (Å²) in [5.41, 5.74) is 6.04. The minimum atomic E-state index is 0.0285. The van der Waals surface area contributed by atoms with Gasteiger partial charge in [-0.1, -0.05) is 25.5 Å². The highest BCUT2D eigenvalue weighted by atomic mass is 32.1. The number of unbranched alkanes of at least 4 members (excludes halogenated alkanes) is 1. The number of aromatic nitrogens is 2. The van der Waals surface area contributed by atoms with Gasteiger partial charge in [0.15, 0.2) is 5.11 Å². The summed E-state index contributed by atoms with van der Waals surface area (Å²) in [5.74, 6) is 0. The van der Waals surface area contributed by atoms with Gasteiger partial charge in [-0.15, -0.1) is 0 Å². The maximum absolute atomic E-state index is 5.76. The van der Waals surface area contributed by atoms with Gasteiger partial charge < -0.3 is 14.8 Å². The molecule has 4 nitrogen and oxygen atoms in total. The lowest BCUT2D eigenvalue weighted by Gasteiger charge is -2.29. The van der Waals surface area contributed by atoms with Crippen molar-refractivity contribution in [2.45, 2.75) is 45.7 Å². The monoisotopic (exact) mass is 404 g/mol. The number of thiocarbonyl (C=S) groups is 1. The number of aryl methyl sites for hydroxylation is 2. The maximum Gasteiger partial charge on any atom is 0.170 e. The molecular formula is C24H28N4S. The van der Waals surface area contributed by atoms with Crippen molar-refractivity contribution in [2.24, 2.45) is 0 Å². The molecular weight excluding hydrogens is 376 g/mol. The number of hydrogen-bond donors (Lipinski definition) is 1. The predicted octanol–water partition coefficient (Wildman–Crippen LogP) is 5.26. The van der Waals surface area contributed by atoms with Crippen LogP contribution in [0.25, 0.3) is 5.69 Å². The Kier molecular flexibility index (Phi) is 5.67. The Morgan fingerprint density at radius 2 is 1.93 bits per heavy atom. The molecule has 1 aromatic carbocycles. The summed E-state index contributed by atoms with van der Waals surface area (Å²) < 4.78 is 2.29. The molecule has 1 N–H and O–H groups in total. The highest BCUT2D eigenvalue weighted by molar-refractivity contribution is 7.80. The zero-order valence-electron chi connectivity index (χ0n) is 17.3. The van der Waals surface area contributed by atoms with E-state index in [-0.39, 0.29) is 12.1 Å². The summed E-state index contributed by atoms with van der Waals surface area (Å²) in [6.45, 7) is 7.47. The van der Waals surface area contributed by atoms with E-state index < -0.39 is 0 Å². The Hall–Kier alpha value is -2.66. The van der Waals surface area contributed by atoms with Crippen molar-refractivity contribution in [1.29, 1.82) is 0 Å². The lowest BCUT2D eigenvalue weighted by molar-refractivity contribution is 0.304. The fraction of sp³-hybridized carbons (Fsp3) is 0.333. The molecule has 0 radical (unpaired) electrons. The molecule has 0 amide bonds. The van der Waals surface area contributed by atoms with Crippen LogP contribution in [0.1, 0.15) is 54.4 Å². The molecule has 2 aromatic heterocycles. The van der Waals surface area contributed by atoms with Gasteiger partial charge in [0, 0.05) is 30.3 Å². The van der Waals surface area contributed by atoms with Gasteiger partial charge in [-0.05, 0) is 80.0 Å². The lowest BCUT2D eigenvalue weighted by atomic mass is 10.0. The fourth-order valence-corrected chi connectivity index (χ4v) is 4.37. The molecule has 1 saturated heterocycles. The predicted molar refractivity (Wildman–Crippen MR) is 122 cm³/mol. The number of hydrogen-bond acceptors (Lipinski definition) is 2. The van der Waals surface area contributed by atoms with E-state index in [1.54, 1.807) is 0 Å². The SMILES string of the molecule is CCCCN1C(=S)N[C@@H](c2ccccn2)[C@@H]1c1cccn1-c1ccc(C)c(C)c1. The molecule has 1 aliphatic rings. The first kappa shape index (κ1) is 19.6. The van der Waals surface area contributed by atoms with Crippen LogP contribution in [0, 0.1) is 13.8 Å². The summed E-state index contributed by atoms with van der Waals surface area (Å²) in [7, 11) is 0. The van der Waals surface area contributed by atoms with Crippen molar-refractivity contribution < 1.29 is 0 Å². The third kappa shape index (κ3) is 3.79. The average molecular weight is 405 g/mol. The van der Waals surface area contributed by atoms with E-state index in [9.17, 15) is 0 Å². The lowest BCUT2D eigenvalue weighted by Crippen LogP contribution is -2.31. The summed E-state index contributed by atoms with van der Waals surface area (Å²) in [6.07, 6.45) is 6.25. The maximum atomic E-state index is 5.76. The Balaban J connectivity index is 1.79. The van der Waals surface area contributed by atoms with Crippen LogP contribution < -0.4 is 5.32 Å². The molecule has 3 heterocycles. The quantitative estimate of drug-likeness (QED) is 0.568. The highest BCUT2D eigenvalue weighted by Crippen LogP contribution is 2.39. The first-order valence-electron chi connectivity index (χ1n) is 10.3. The number of pyridine rings is 1. The van der Waals surface area contributed by atoms with Gasteiger partial charge in [0.25, 0.3) is 0 Å². The standard InChI is InChI=1S/C24H28N4S/c1-4-5-14-28-23(22(26-24(28)29)20-9-6-7-13-25-20)21-10-8-15-27(21)19-12-11-17(2)18(3)16-19/h6-13,15-16,22-23H,4-5,14H2,1-3H3,(H,26,29)/t22-,23-/m0/s1. The molecule has 0 saturated carbocycles. The van der Waals surface area contributed by atoms with Gasteiger partial charge in [-0.25, -0.2) is 0 Å². The Morgan fingerprint density at radius 1 is 1.07 bits per heavy atom. The van der Waals surface area contributed by atoms with Crippen molar-refractivity contribution in [2.75, 3.05) is 6.54 Å². The summed E-state index contributed by atoms with van der Waals surface area (Å²) in [6, 6.07) is 17.2. The van der Waals surface area contributed by atoms with Crippen LogP contribution in [-0.2, 0) is 0 Å². The second-order valence-electron chi connectivity index (χ2n) is 7.75. The number of rotatable bonds is 6. The Bertz CT molecular complexity index is 995. The van der Waals surface area contributed by atoms with Crippen LogP contribution in [0.3, 0.4) is 0 Å². The van der Waals surface area contributed by atoms with Crippen molar-refractivity contribution in [3.8, 4) is 5.69 Å². The highest BCUT2D eigenvalue weighted by Gasteiger charge is 2.40. The van der Waals surface area contributed by atoms with Crippen LogP contribution in [-0.4, -0.2) is 26.1 Å². The molecule has 3 aromatic rings. The molecule has 1 aliphatic heterocycles. The third-order valence-corrected chi connectivity index (χ3v) is 6.15. The molecule has 5 heteroatoms. The minimum Gasteiger partial charge on any atom is -0.352 e. The van der Waals surface area contributed by atoms with Gasteiger partial charge in [-0.3, -0.25) is 4.98 Å². The van der Waals surface area contributed by atoms with Crippen LogP contribution >= 0.6 is 12.2 Å². The van der Waals surface area contributed by atoms with E-state index in [0.29, 0.717) is 0 Å². The summed E-state index contributed by atoms with van der Waals surface area (Å²) >= 11 is 5.76. The van der Waals surface area contributed by atoms with Gasteiger partial charge in [-0.2, -0.15) is 0 Å². The molecule has 4 rings (SSSR count). The normalized spacial score (nSPS) is 18.9. The Morgan fingerprint density at radius 3 is 2.66 bits per heavy atom. The second kappa shape index (κ2) is 8.37. The van der Waals surface area contributed by atoms with Gasteiger partial charge in [0.1, 0.15) is 0 Å². The molecule has 0 bridgehead atoms. The number of nitrogens with one attached hydrogen (secondary N) is 1. The van der Waals surface area contributed by atoms with Crippen molar-refractivity contribution in [3.63, 3.8) is 0 Å². The zero-order chi connectivity index (χ0) is 20.4. The minimum absolute atomic E-state index is 0.0285. The Labute approximate surface area is 178 Å². The van der Waals surface area contributed by atoms with E-state index in [2.05, 4.69) is 83.1 Å². The van der Waals surface area contributed by atoms with E-state index in [4.69, 9.17) is 12.2 Å². The summed E-state index contributed by atoms with van der Waals surface area (Å²) in [5, 5.41) is 4.36. The van der Waals surface area contributed by atoms with Crippen molar-refractivity contribution in [3.05, 3.63) is 83.4 Å².